The Balaban J connectivity index is 2.10. The van der Waals surface area contributed by atoms with Crippen LogP contribution in [-0.4, -0.2) is 4.92 Å². The molecular weight excluding hydrogens is 339 g/mol. The second-order valence-corrected chi connectivity index (χ2v) is 5.46. The summed E-state index contributed by atoms with van der Waals surface area (Å²) in [6.45, 7) is 2.36. The normalized spacial score (nSPS) is 12.1. The van der Waals surface area contributed by atoms with Crippen molar-refractivity contribution in [3.05, 3.63) is 74.0 Å². The summed E-state index contributed by atoms with van der Waals surface area (Å²) in [7, 11) is 0. The van der Waals surface area contributed by atoms with Crippen LogP contribution in [0.2, 0.25) is 0 Å². The molecule has 0 aliphatic rings. The molecule has 0 bridgehead atoms. The van der Waals surface area contributed by atoms with Gasteiger partial charge in [-0.3, -0.25) is 10.1 Å². The van der Waals surface area contributed by atoms with Gasteiger partial charge in [0.15, 0.2) is 0 Å². The van der Waals surface area contributed by atoms with Gasteiger partial charge in [-0.1, -0.05) is 24.3 Å². The van der Waals surface area contributed by atoms with E-state index in [0.29, 0.717) is 11.0 Å². The molecule has 0 amide bonds. The van der Waals surface area contributed by atoms with Gasteiger partial charge in [0.05, 0.1) is 9.40 Å². The maximum absolute atomic E-state index is 13.2. The first-order valence-electron chi connectivity index (χ1n) is 6.39. The molecule has 4 nitrogen and oxygen atoms in total. The fraction of sp³-hybridized carbons (Fsp3) is 0.200. The van der Waals surface area contributed by atoms with E-state index in [0.717, 1.165) is 11.1 Å². The molecule has 2 aromatic rings. The van der Waals surface area contributed by atoms with E-state index < -0.39 is 4.92 Å². The number of nitrogens with one attached hydrogen (secondary N) is 1. The van der Waals surface area contributed by atoms with Crippen LogP contribution in [0.25, 0.3) is 0 Å². The third kappa shape index (κ3) is 3.86. The fourth-order valence-electron chi connectivity index (χ4n) is 2.00. The Morgan fingerprint density at radius 2 is 2.05 bits per heavy atom. The predicted molar refractivity (Wildman–Crippen MR) is 82.5 cm³/mol. The summed E-state index contributed by atoms with van der Waals surface area (Å²) >= 11 is 3.26. The lowest BCUT2D eigenvalue weighted by Crippen LogP contribution is -2.18. The van der Waals surface area contributed by atoms with Gasteiger partial charge in [-0.15, -0.1) is 0 Å². The highest BCUT2D eigenvalue weighted by atomic mass is 79.9. The standard InChI is InChI=1S/C15H14BrFN2O2/c1-10(11-4-2-6-13(17)8-11)18-9-12-5-3-7-14(15(12)16)19(20)21/h2-8,10,18H,9H2,1H3/t10-/m0/s1. The minimum absolute atomic E-state index is 0.0349. The number of halogens is 2. The maximum atomic E-state index is 13.2. The van der Waals surface area contributed by atoms with Gasteiger partial charge >= 0.3 is 0 Å². The van der Waals surface area contributed by atoms with Crippen molar-refractivity contribution in [1.29, 1.82) is 0 Å². The second-order valence-electron chi connectivity index (χ2n) is 4.66. The first-order valence-corrected chi connectivity index (χ1v) is 7.19. The first-order chi connectivity index (χ1) is 9.99. The number of rotatable bonds is 5. The van der Waals surface area contributed by atoms with E-state index in [4.69, 9.17) is 0 Å². The minimum Gasteiger partial charge on any atom is -0.306 e. The SMILES string of the molecule is C[C@H](NCc1cccc([N+](=O)[O-])c1Br)c1cccc(F)c1. The minimum atomic E-state index is -0.427. The summed E-state index contributed by atoms with van der Waals surface area (Å²) < 4.78 is 13.7. The monoisotopic (exact) mass is 352 g/mol. The van der Waals surface area contributed by atoms with Crippen LogP contribution >= 0.6 is 15.9 Å². The molecule has 0 heterocycles. The van der Waals surface area contributed by atoms with Crippen molar-refractivity contribution in [2.75, 3.05) is 0 Å². The van der Waals surface area contributed by atoms with E-state index in [2.05, 4.69) is 21.2 Å². The van der Waals surface area contributed by atoms with Crippen LogP contribution in [0.1, 0.15) is 24.1 Å². The van der Waals surface area contributed by atoms with E-state index >= 15 is 0 Å². The molecule has 0 aliphatic carbocycles. The Morgan fingerprint density at radius 3 is 2.71 bits per heavy atom. The quantitative estimate of drug-likeness (QED) is 0.642. The van der Waals surface area contributed by atoms with Gasteiger partial charge in [0, 0.05) is 18.7 Å². The van der Waals surface area contributed by atoms with Gasteiger partial charge in [-0.2, -0.15) is 0 Å². The first kappa shape index (κ1) is 15.6. The van der Waals surface area contributed by atoms with Gasteiger partial charge in [0.25, 0.3) is 5.69 Å². The van der Waals surface area contributed by atoms with E-state index in [1.807, 2.05) is 19.1 Å². The number of benzene rings is 2. The molecule has 2 rings (SSSR count). The van der Waals surface area contributed by atoms with E-state index in [-0.39, 0.29) is 17.5 Å². The van der Waals surface area contributed by atoms with Crippen molar-refractivity contribution in [3.63, 3.8) is 0 Å². The third-order valence-electron chi connectivity index (χ3n) is 3.20. The number of nitro benzene ring substituents is 1. The van der Waals surface area contributed by atoms with Crippen molar-refractivity contribution in [3.8, 4) is 0 Å². The predicted octanol–water partition coefficient (Wildman–Crippen LogP) is 4.35. The summed E-state index contributed by atoms with van der Waals surface area (Å²) in [6.07, 6.45) is 0. The Bertz CT molecular complexity index is 664. The topological polar surface area (TPSA) is 55.2 Å². The Kier molecular flexibility index (Phi) is 5.03. The smallest absolute Gasteiger partial charge is 0.283 e. The van der Waals surface area contributed by atoms with Gasteiger partial charge in [0.2, 0.25) is 0 Å². The molecule has 21 heavy (non-hydrogen) atoms. The number of hydrogen-bond donors (Lipinski definition) is 1. The van der Waals surface area contributed by atoms with Crippen LogP contribution in [-0.2, 0) is 6.54 Å². The van der Waals surface area contributed by atoms with Crippen LogP contribution in [0.4, 0.5) is 10.1 Å². The lowest BCUT2D eigenvalue weighted by Gasteiger charge is -2.15. The van der Waals surface area contributed by atoms with Crippen molar-refractivity contribution in [2.45, 2.75) is 19.5 Å². The fourth-order valence-corrected chi connectivity index (χ4v) is 2.55. The largest absolute Gasteiger partial charge is 0.306 e. The number of hydrogen-bond acceptors (Lipinski definition) is 3. The molecule has 0 saturated carbocycles. The van der Waals surface area contributed by atoms with Crippen LogP contribution in [0.15, 0.2) is 46.9 Å². The molecular formula is C15H14BrFN2O2. The highest BCUT2D eigenvalue weighted by molar-refractivity contribution is 9.10. The summed E-state index contributed by atoms with van der Waals surface area (Å²) in [5, 5.41) is 14.1. The lowest BCUT2D eigenvalue weighted by molar-refractivity contribution is -0.385. The summed E-state index contributed by atoms with van der Waals surface area (Å²) in [6, 6.07) is 11.2. The number of nitro groups is 1. The molecule has 6 heteroatoms. The summed E-state index contributed by atoms with van der Waals surface area (Å²) in [5.41, 5.74) is 1.65. The van der Waals surface area contributed by atoms with E-state index in [1.54, 1.807) is 12.1 Å². The molecule has 0 saturated heterocycles. The molecule has 1 atom stereocenters. The highest BCUT2D eigenvalue weighted by Crippen LogP contribution is 2.28. The van der Waals surface area contributed by atoms with E-state index in [9.17, 15) is 14.5 Å². The average molecular weight is 353 g/mol. The molecule has 0 unspecified atom stereocenters. The molecule has 0 radical (unpaired) electrons. The Labute approximate surface area is 130 Å². The van der Waals surface area contributed by atoms with Crippen LogP contribution < -0.4 is 5.32 Å². The molecule has 2 aromatic carbocycles. The van der Waals surface area contributed by atoms with Crippen molar-refractivity contribution in [1.82, 2.24) is 5.32 Å². The van der Waals surface area contributed by atoms with Crippen LogP contribution in [0.5, 0.6) is 0 Å². The van der Waals surface area contributed by atoms with Gasteiger partial charge in [-0.25, -0.2) is 4.39 Å². The number of nitrogens with zero attached hydrogens (tertiary/aromatic N) is 1. The second kappa shape index (κ2) is 6.78. The molecule has 1 N–H and O–H groups in total. The van der Waals surface area contributed by atoms with E-state index in [1.165, 1.54) is 18.2 Å². The van der Waals surface area contributed by atoms with Gasteiger partial charge in [0.1, 0.15) is 5.82 Å². The Hall–Kier alpha value is -1.79. The highest BCUT2D eigenvalue weighted by Gasteiger charge is 2.15. The zero-order valence-corrected chi connectivity index (χ0v) is 12.9. The zero-order chi connectivity index (χ0) is 15.4. The molecule has 0 aliphatic heterocycles. The molecule has 0 aromatic heterocycles. The van der Waals surface area contributed by atoms with Crippen molar-refractivity contribution >= 4 is 21.6 Å². The lowest BCUT2D eigenvalue weighted by atomic mass is 10.1. The Morgan fingerprint density at radius 1 is 1.33 bits per heavy atom. The van der Waals surface area contributed by atoms with Crippen molar-refractivity contribution < 1.29 is 9.31 Å². The molecule has 0 spiro atoms. The third-order valence-corrected chi connectivity index (χ3v) is 4.12. The zero-order valence-electron chi connectivity index (χ0n) is 11.3. The van der Waals surface area contributed by atoms with Gasteiger partial charge in [-0.05, 0) is 46.1 Å². The van der Waals surface area contributed by atoms with Gasteiger partial charge < -0.3 is 5.32 Å². The summed E-state index contributed by atoms with van der Waals surface area (Å²) in [5.74, 6) is -0.280. The molecule has 0 fully saturated rings. The van der Waals surface area contributed by atoms with Crippen molar-refractivity contribution in [2.24, 2.45) is 0 Å². The average Bonchev–Trinajstić information content (AvgIpc) is 2.45. The van der Waals surface area contributed by atoms with Crippen LogP contribution in [0, 0.1) is 15.9 Å². The molecule has 110 valence electrons. The summed E-state index contributed by atoms with van der Waals surface area (Å²) in [4.78, 5) is 10.5. The maximum Gasteiger partial charge on any atom is 0.283 e. The van der Waals surface area contributed by atoms with Crippen LogP contribution in [0.3, 0.4) is 0 Å².